The Kier molecular flexibility index (Phi) is 5.31. The fourth-order valence-corrected chi connectivity index (χ4v) is 3.55. The third-order valence-electron chi connectivity index (χ3n) is 4.80. The minimum atomic E-state index is -0.354. The van der Waals surface area contributed by atoms with Gasteiger partial charge in [-0.2, -0.15) is 5.10 Å². The highest BCUT2D eigenvalue weighted by Gasteiger charge is 2.22. The van der Waals surface area contributed by atoms with Gasteiger partial charge in [0.1, 0.15) is 5.82 Å². The number of hydrogen-bond donors (Lipinski definition) is 1. The first-order valence-corrected chi connectivity index (χ1v) is 9.61. The summed E-state index contributed by atoms with van der Waals surface area (Å²) in [5.74, 6) is -0.672. The van der Waals surface area contributed by atoms with Crippen molar-refractivity contribution in [3.8, 4) is 5.69 Å². The van der Waals surface area contributed by atoms with E-state index in [2.05, 4.69) is 29.2 Å². The van der Waals surface area contributed by atoms with E-state index in [1.165, 1.54) is 16.8 Å². The Morgan fingerprint density at radius 2 is 1.79 bits per heavy atom. The summed E-state index contributed by atoms with van der Waals surface area (Å²) in [6, 6.07) is 15.4. The number of carbonyl (C=O) groups is 1. The van der Waals surface area contributed by atoms with Gasteiger partial charge in [0.2, 0.25) is 0 Å². The topological polar surface area (TPSA) is 59.4 Å². The van der Waals surface area contributed by atoms with Gasteiger partial charge in [-0.15, -0.1) is 0 Å². The molecule has 1 N–H and O–H groups in total. The van der Waals surface area contributed by atoms with E-state index in [0.29, 0.717) is 11.4 Å². The van der Waals surface area contributed by atoms with Crippen LogP contribution in [0, 0.1) is 5.82 Å². The molecule has 1 fully saturated rings. The molecule has 0 spiro atoms. The van der Waals surface area contributed by atoms with Crippen LogP contribution < -0.4 is 10.2 Å². The van der Waals surface area contributed by atoms with E-state index >= 15 is 0 Å². The van der Waals surface area contributed by atoms with Gasteiger partial charge in [0, 0.05) is 30.7 Å². The molecule has 0 radical (unpaired) electrons. The molecule has 0 aliphatic carbocycles. The van der Waals surface area contributed by atoms with Gasteiger partial charge in [0.05, 0.1) is 17.9 Å². The summed E-state index contributed by atoms with van der Waals surface area (Å²) in [6.45, 7) is 5.82. The largest absolute Gasteiger partial charge is 0.372 e. The van der Waals surface area contributed by atoms with E-state index in [1.54, 1.807) is 24.4 Å². The Bertz CT molecular complexity index is 992. The molecular formula is C22H23FN4O2. The molecule has 150 valence electrons. The van der Waals surface area contributed by atoms with Gasteiger partial charge in [-0.05, 0) is 62.4 Å². The SMILES string of the molecule is CC1CN(c2ccc(NC(=O)c3ccn(-c4cccc(F)c4)n3)cc2)CC(C)O1. The molecule has 1 aliphatic heterocycles. The lowest BCUT2D eigenvalue weighted by molar-refractivity contribution is -0.00521. The van der Waals surface area contributed by atoms with E-state index in [1.807, 2.05) is 24.3 Å². The molecular weight excluding hydrogens is 371 g/mol. The zero-order valence-corrected chi connectivity index (χ0v) is 16.4. The van der Waals surface area contributed by atoms with Gasteiger partial charge in [-0.1, -0.05) is 6.07 Å². The average molecular weight is 394 g/mol. The van der Waals surface area contributed by atoms with Gasteiger partial charge in [0.25, 0.3) is 5.91 Å². The summed E-state index contributed by atoms with van der Waals surface area (Å²) in [4.78, 5) is 14.8. The summed E-state index contributed by atoms with van der Waals surface area (Å²) >= 11 is 0. The Labute approximate surface area is 168 Å². The molecule has 4 rings (SSSR count). The molecule has 2 unspecified atom stereocenters. The summed E-state index contributed by atoms with van der Waals surface area (Å²) < 4.78 is 20.6. The monoisotopic (exact) mass is 394 g/mol. The normalized spacial score (nSPS) is 19.2. The molecule has 2 aromatic carbocycles. The van der Waals surface area contributed by atoms with Gasteiger partial charge in [-0.3, -0.25) is 4.79 Å². The number of nitrogens with one attached hydrogen (secondary N) is 1. The second kappa shape index (κ2) is 8.05. The Morgan fingerprint density at radius 1 is 1.07 bits per heavy atom. The summed E-state index contributed by atoms with van der Waals surface area (Å²) in [5.41, 5.74) is 2.60. The predicted molar refractivity (Wildman–Crippen MR) is 110 cm³/mol. The van der Waals surface area contributed by atoms with Crippen LogP contribution in [0.2, 0.25) is 0 Å². The van der Waals surface area contributed by atoms with Gasteiger partial charge in [-0.25, -0.2) is 9.07 Å². The molecule has 3 aromatic rings. The number of morpholine rings is 1. The lowest BCUT2D eigenvalue weighted by Gasteiger charge is -2.36. The second-order valence-electron chi connectivity index (χ2n) is 7.29. The van der Waals surface area contributed by atoms with Gasteiger partial charge in [0.15, 0.2) is 5.69 Å². The van der Waals surface area contributed by atoms with Crippen LogP contribution in [0.15, 0.2) is 60.8 Å². The number of rotatable bonds is 4. The maximum atomic E-state index is 13.4. The van der Waals surface area contributed by atoms with Crippen LogP contribution in [0.4, 0.5) is 15.8 Å². The molecule has 1 amide bonds. The van der Waals surface area contributed by atoms with Crippen LogP contribution in [0.5, 0.6) is 0 Å². The standard InChI is InChI=1S/C22H23FN4O2/c1-15-13-26(14-16(2)29-15)19-8-6-18(7-9-19)24-22(28)21-10-11-27(25-21)20-5-3-4-17(23)12-20/h3-12,15-16H,13-14H2,1-2H3,(H,24,28). The zero-order valence-electron chi connectivity index (χ0n) is 16.4. The molecule has 6 nitrogen and oxygen atoms in total. The molecule has 0 bridgehead atoms. The maximum absolute atomic E-state index is 13.4. The van der Waals surface area contributed by atoms with Crippen LogP contribution in [0.3, 0.4) is 0 Å². The zero-order chi connectivity index (χ0) is 20.4. The average Bonchev–Trinajstić information content (AvgIpc) is 3.18. The first kappa shape index (κ1) is 19.1. The van der Waals surface area contributed by atoms with Crippen molar-refractivity contribution in [2.24, 2.45) is 0 Å². The van der Waals surface area contributed by atoms with Crippen LogP contribution in [-0.4, -0.2) is 41.0 Å². The predicted octanol–water partition coefficient (Wildman–Crippen LogP) is 3.88. The number of carbonyl (C=O) groups excluding carboxylic acids is 1. The molecule has 1 aliphatic rings. The third kappa shape index (κ3) is 4.46. The Morgan fingerprint density at radius 3 is 2.48 bits per heavy atom. The van der Waals surface area contributed by atoms with Crippen molar-refractivity contribution in [1.82, 2.24) is 9.78 Å². The molecule has 7 heteroatoms. The van der Waals surface area contributed by atoms with E-state index in [4.69, 9.17) is 4.74 Å². The lowest BCUT2D eigenvalue weighted by atomic mass is 10.2. The maximum Gasteiger partial charge on any atom is 0.276 e. The summed E-state index contributed by atoms with van der Waals surface area (Å²) in [7, 11) is 0. The number of aromatic nitrogens is 2. The summed E-state index contributed by atoms with van der Waals surface area (Å²) in [5, 5.41) is 7.09. The van der Waals surface area contributed by atoms with Crippen molar-refractivity contribution in [2.75, 3.05) is 23.3 Å². The summed E-state index contributed by atoms with van der Waals surface area (Å²) in [6.07, 6.45) is 2.01. The first-order chi connectivity index (χ1) is 14.0. The smallest absolute Gasteiger partial charge is 0.276 e. The molecule has 1 saturated heterocycles. The van der Waals surface area contributed by atoms with Crippen molar-refractivity contribution in [2.45, 2.75) is 26.1 Å². The number of benzene rings is 2. The van der Waals surface area contributed by atoms with E-state index in [0.717, 1.165) is 18.8 Å². The minimum absolute atomic E-state index is 0.186. The highest BCUT2D eigenvalue weighted by molar-refractivity contribution is 6.02. The first-order valence-electron chi connectivity index (χ1n) is 9.61. The highest BCUT2D eigenvalue weighted by Crippen LogP contribution is 2.22. The number of nitrogens with zero attached hydrogens (tertiary/aromatic N) is 3. The minimum Gasteiger partial charge on any atom is -0.372 e. The number of anilines is 2. The molecule has 1 aromatic heterocycles. The number of ether oxygens (including phenoxy) is 1. The second-order valence-corrected chi connectivity index (χ2v) is 7.29. The van der Waals surface area contributed by atoms with Crippen molar-refractivity contribution in [3.63, 3.8) is 0 Å². The van der Waals surface area contributed by atoms with Crippen LogP contribution in [0.1, 0.15) is 24.3 Å². The molecule has 0 saturated carbocycles. The quantitative estimate of drug-likeness (QED) is 0.730. The third-order valence-corrected chi connectivity index (χ3v) is 4.80. The Hall–Kier alpha value is -3.19. The molecule has 29 heavy (non-hydrogen) atoms. The fourth-order valence-electron chi connectivity index (χ4n) is 3.55. The number of hydrogen-bond acceptors (Lipinski definition) is 4. The highest BCUT2D eigenvalue weighted by atomic mass is 19.1. The van der Waals surface area contributed by atoms with Crippen LogP contribution >= 0.6 is 0 Å². The van der Waals surface area contributed by atoms with Crippen LogP contribution in [0.25, 0.3) is 5.69 Å². The molecule has 2 heterocycles. The van der Waals surface area contributed by atoms with Crippen molar-refractivity contribution in [1.29, 1.82) is 0 Å². The van der Waals surface area contributed by atoms with Gasteiger partial charge >= 0.3 is 0 Å². The molecule has 2 atom stereocenters. The fraction of sp³-hybridized carbons (Fsp3) is 0.273. The van der Waals surface area contributed by atoms with E-state index in [9.17, 15) is 9.18 Å². The number of halogens is 1. The van der Waals surface area contributed by atoms with Crippen molar-refractivity contribution < 1.29 is 13.9 Å². The lowest BCUT2D eigenvalue weighted by Crippen LogP contribution is -2.45. The van der Waals surface area contributed by atoms with E-state index < -0.39 is 0 Å². The Balaban J connectivity index is 1.42. The van der Waals surface area contributed by atoms with Gasteiger partial charge < -0.3 is 15.0 Å². The number of amides is 1. The van der Waals surface area contributed by atoms with E-state index in [-0.39, 0.29) is 29.6 Å². The van der Waals surface area contributed by atoms with Crippen molar-refractivity contribution >= 4 is 17.3 Å². The van der Waals surface area contributed by atoms with Crippen LogP contribution in [-0.2, 0) is 4.74 Å². The van der Waals surface area contributed by atoms with Crippen molar-refractivity contribution in [3.05, 3.63) is 72.3 Å².